The molecular formula is C19H16ClN3O2S. The number of carbonyl (C=O) groups excluding carboxylic acids is 1. The van der Waals surface area contributed by atoms with Crippen LogP contribution in [0.1, 0.15) is 27.2 Å². The summed E-state index contributed by atoms with van der Waals surface area (Å²) in [6.45, 7) is 2.01. The normalized spacial score (nSPS) is 15.7. The lowest BCUT2D eigenvalue weighted by Crippen LogP contribution is -2.17. The molecule has 1 N–H and O–H groups in total. The first-order valence-corrected chi connectivity index (χ1v) is 9.98. The van der Waals surface area contributed by atoms with Crippen molar-refractivity contribution in [3.8, 4) is 5.69 Å². The number of benzene rings is 2. The maximum Gasteiger partial charge on any atom is 0.258 e. The lowest BCUT2D eigenvalue weighted by atomic mass is 10.2. The molecule has 2 aromatic carbocycles. The highest BCUT2D eigenvalue weighted by atomic mass is 35.5. The van der Waals surface area contributed by atoms with Crippen molar-refractivity contribution in [3.63, 3.8) is 0 Å². The van der Waals surface area contributed by atoms with Crippen LogP contribution in [-0.4, -0.2) is 19.9 Å². The van der Waals surface area contributed by atoms with Gasteiger partial charge in [-0.2, -0.15) is 5.10 Å². The number of rotatable bonds is 3. The van der Waals surface area contributed by atoms with Crippen molar-refractivity contribution in [2.45, 2.75) is 18.4 Å². The zero-order valence-electron chi connectivity index (χ0n) is 14.0. The molecule has 132 valence electrons. The fraction of sp³-hybridized carbons (Fsp3) is 0.158. The Morgan fingerprint density at radius 3 is 2.62 bits per heavy atom. The molecule has 0 aliphatic carbocycles. The standard InChI is InChI=1S/C19H16ClN3O2S/c1-12-6-8-13(9-7-12)23-18(15-10-26(25)11-17(15)22-23)21-19(24)14-4-2-3-5-16(14)20/h2-9H,10-11H2,1H3,(H,21,24)/t26-/m0/s1. The summed E-state index contributed by atoms with van der Waals surface area (Å²) in [5.74, 6) is 1.03. The van der Waals surface area contributed by atoms with Gasteiger partial charge in [-0.15, -0.1) is 0 Å². The molecule has 0 radical (unpaired) electrons. The Bertz CT molecular complexity index is 1030. The Hall–Kier alpha value is -2.44. The van der Waals surface area contributed by atoms with E-state index in [-0.39, 0.29) is 5.91 Å². The third kappa shape index (κ3) is 3.06. The van der Waals surface area contributed by atoms with E-state index in [9.17, 15) is 9.00 Å². The highest BCUT2D eigenvalue weighted by Gasteiger charge is 2.28. The number of aromatic nitrogens is 2. The number of amides is 1. The van der Waals surface area contributed by atoms with Crippen molar-refractivity contribution in [1.82, 2.24) is 9.78 Å². The molecule has 0 spiro atoms. The third-order valence-corrected chi connectivity index (χ3v) is 5.83. The summed E-state index contributed by atoms with van der Waals surface area (Å²) in [5, 5.41) is 7.89. The number of nitrogens with zero attached hydrogens (tertiary/aromatic N) is 2. The highest BCUT2D eigenvalue weighted by molar-refractivity contribution is 7.83. The number of nitrogens with one attached hydrogen (secondary N) is 1. The van der Waals surface area contributed by atoms with Crippen LogP contribution in [0.5, 0.6) is 0 Å². The van der Waals surface area contributed by atoms with Crippen molar-refractivity contribution in [1.29, 1.82) is 0 Å². The summed E-state index contributed by atoms with van der Waals surface area (Å²) in [6, 6.07) is 14.7. The highest BCUT2D eigenvalue weighted by Crippen LogP contribution is 2.32. The molecule has 1 aliphatic heterocycles. The summed E-state index contributed by atoms with van der Waals surface area (Å²) in [4.78, 5) is 12.7. The van der Waals surface area contributed by atoms with Gasteiger partial charge >= 0.3 is 0 Å². The van der Waals surface area contributed by atoms with E-state index in [4.69, 9.17) is 11.6 Å². The molecule has 4 rings (SSSR count). The Labute approximate surface area is 158 Å². The Morgan fingerprint density at radius 1 is 1.15 bits per heavy atom. The molecule has 1 aliphatic rings. The molecule has 5 nitrogen and oxygen atoms in total. The molecule has 3 aromatic rings. The van der Waals surface area contributed by atoms with Crippen LogP contribution in [0.25, 0.3) is 5.69 Å². The summed E-state index contributed by atoms with van der Waals surface area (Å²) < 4.78 is 13.6. The van der Waals surface area contributed by atoms with Crippen LogP contribution >= 0.6 is 11.6 Å². The average molecular weight is 386 g/mol. The summed E-state index contributed by atoms with van der Waals surface area (Å²) in [5.41, 5.74) is 3.95. The average Bonchev–Trinajstić information content (AvgIpc) is 3.13. The second-order valence-corrected chi connectivity index (χ2v) is 8.05. The van der Waals surface area contributed by atoms with Crippen LogP contribution in [0, 0.1) is 6.92 Å². The minimum Gasteiger partial charge on any atom is -0.306 e. The van der Waals surface area contributed by atoms with Crippen LogP contribution in [-0.2, 0) is 22.3 Å². The SMILES string of the molecule is Cc1ccc(-n2nc3c(c2NC(=O)c2ccccc2Cl)C[S@](=O)C3)cc1. The van der Waals surface area contributed by atoms with E-state index in [0.717, 1.165) is 22.5 Å². The number of carbonyl (C=O) groups is 1. The van der Waals surface area contributed by atoms with Gasteiger partial charge < -0.3 is 5.32 Å². The van der Waals surface area contributed by atoms with Gasteiger partial charge in [-0.3, -0.25) is 9.00 Å². The van der Waals surface area contributed by atoms with Crippen LogP contribution in [0.15, 0.2) is 48.5 Å². The van der Waals surface area contributed by atoms with E-state index in [1.165, 1.54) is 0 Å². The van der Waals surface area contributed by atoms with Gasteiger partial charge in [-0.25, -0.2) is 4.68 Å². The Morgan fingerprint density at radius 2 is 1.88 bits per heavy atom. The largest absolute Gasteiger partial charge is 0.306 e. The molecule has 1 atom stereocenters. The molecule has 0 fully saturated rings. The number of hydrogen-bond acceptors (Lipinski definition) is 3. The van der Waals surface area contributed by atoms with Crippen molar-refractivity contribution in [2.24, 2.45) is 0 Å². The van der Waals surface area contributed by atoms with E-state index >= 15 is 0 Å². The summed E-state index contributed by atoms with van der Waals surface area (Å²) in [7, 11) is -0.984. The minimum absolute atomic E-state index is 0.315. The Balaban J connectivity index is 1.77. The fourth-order valence-corrected chi connectivity index (χ4v) is 4.44. The van der Waals surface area contributed by atoms with E-state index in [1.54, 1.807) is 28.9 Å². The quantitative estimate of drug-likeness (QED) is 0.744. The van der Waals surface area contributed by atoms with Crippen LogP contribution < -0.4 is 5.32 Å². The van der Waals surface area contributed by atoms with Crippen LogP contribution in [0.4, 0.5) is 5.82 Å². The van der Waals surface area contributed by atoms with Gasteiger partial charge in [0, 0.05) is 16.4 Å². The predicted octanol–water partition coefficient (Wildman–Crippen LogP) is 3.85. The molecule has 0 saturated carbocycles. The maximum absolute atomic E-state index is 12.7. The van der Waals surface area contributed by atoms with E-state index < -0.39 is 10.8 Å². The molecule has 26 heavy (non-hydrogen) atoms. The summed E-state index contributed by atoms with van der Waals surface area (Å²) in [6.07, 6.45) is 0. The number of halogens is 1. The molecule has 0 saturated heterocycles. The van der Waals surface area contributed by atoms with E-state index in [0.29, 0.717) is 27.9 Å². The van der Waals surface area contributed by atoms with Gasteiger partial charge in [-0.05, 0) is 31.2 Å². The third-order valence-electron chi connectivity index (χ3n) is 4.30. The first-order valence-electron chi connectivity index (χ1n) is 8.11. The topological polar surface area (TPSA) is 64.0 Å². The van der Waals surface area contributed by atoms with Crippen LogP contribution in [0.3, 0.4) is 0 Å². The molecule has 2 heterocycles. The lowest BCUT2D eigenvalue weighted by Gasteiger charge is -2.12. The zero-order chi connectivity index (χ0) is 18.3. The van der Waals surface area contributed by atoms with Gasteiger partial charge in [0.25, 0.3) is 5.91 Å². The van der Waals surface area contributed by atoms with Crippen molar-refractivity contribution >= 4 is 34.1 Å². The molecule has 0 unspecified atom stereocenters. The number of anilines is 1. The van der Waals surface area contributed by atoms with Gasteiger partial charge in [0.05, 0.1) is 33.5 Å². The first-order chi connectivity index (χ1) is 12.5. The number of hydrogen-bond donors (Lipinski definition) is 1. The molecule has 1 aromatic heterocycles. The lowest BCUT2D eigenvalue weighted by molar-refractivity contribution is 0.102. The van der Waals surface area contributed by atoms with E-state index in [1.807, 2.05) is 31.2 Å². The van der Waals surface area contributed by atoms with Crippen LogP contribution in [0.2, 0.25) is 5.02 Å². The van der Waals surface area contributed by atoms with Gasteiger partial charge in [-0.1, -0.05) is 41.4 Å². The predicted molar refractivity (Wildman–Crippen MR) is 103 cm³/mol. The maximum atomic E-state index is 12.7. The smallest absolute Gasteiger partial charge is 0.258 e. The number of aryl methyl sites for hydroxylation is 1. The minimum atomic E-state index is -0.984. The molecular weight excluding hydrogens is 370 g/mol. The Kier molecular flexibility index (Phi) is 4.38. The number of fused-ring (bicyclic) bond motifs is 1. The van der Waals surface area contributed by atoms with Gasteiger partial charge in [0.1, 0.15) is 5.82 Å². The monoisotopic (exact) mass is 385 g/mol. The summed E-state index contributed by atoms with van der Waals surface area (Å²) >= 11 is 6.14. The van der Waals surface area contributed by atoms with E-state index in [2.05, 4.69) is 10.4 Å². The molecule has 1 amide bonds. The molecule has 0 bridgehead atoms. The van der Waals surface area contributed by atoms with Gasteiger partial charge in [0.2, 0.25) is 0 Å². The van der Waals surface area contributed by atoms with Crippen molar-refractivity contribution in [2.75, 3.05) is 5.32 Å². The second kappa shape index (κ2) is 6.70. The zero-order valence-corrected chi connectivity index (χ0v) is 15.6. The van der Waals surface area contributed by atoms with Crippen molar-refractivity contribution < 1.29 is 9.00 Å². The molecule has 7 heteroatoms. The first kappa shape index (κ1) is 17.0. The fourth-order valence-electron chi connectivity index (χ4n) is 2.95. The second-order valence-electron chi connectivity index (χ2n) is 6.18. The van der Waals surface area contributed by atoms with Gasteiger partial charge in [0.15, 0.2) is 0 Å². The van der Waals surface area contributed by atoms with Crippen molar-refractivity contribution in [3.05, 3.63) is 75.9 Å².